The SMILES string of the molecule is CCCCNC(=O)C1Cc2c([nH]c3ccccc23)C(c2cccc(Cl)c2)N1. The van der Waals surface area contributed by atoms with Gasteiger partial charge >= 0.3 is 0 Å². The van der Waals surface area contributed by atoms with Crippen molar-refractivity contribution < 1.29 is 4.79 Å². The zero-order valence-electron chi connectivity index (χ0n) is 15.4. The van der Waals surface area contributed by atoms with Gasteiger partial charge in [0.25, 0.3) is 0 Å². The molecule has 0 saturated heterocycles. The molecule has 0 fully saturated rings. The number of H-pyrrole nitrogens is 1. The number of carbonyl (C=O) groups excluding carboxylic acids is 1. The summed E-state index contributed by atoms with van der Waals surface area (Å²) in [5.41, 5.74) is 4.49. The zero-order valence-corrected chi connectivity index (χ0v) is 16.1. The molecule has 2 unspecified atom stereocenters. The van der Waals surface area contributed by atoms with E-state index < -0.39 is 0 Å². The molecular weight excluding hydrogens is 358 g/mol. The van der Waals surface area contributed by atoms with Gasteiger partial charge in [-0.1, -0.05) is 55.3 Å². The van der Waals surface area contributed by atoms with E-state index in [4.69, 9.17) is 11.6 Å². The van der Waals surface area contributed by atoms with E-state index >= 15 is 0 Å². The van der Waals surface area contributed by atoms with Crippen LogP contribution in [-0.2, 0) is 11.2 Å². The largest absolute Gasteiger partial charge is 0.357 e. The number of amides is 1. The van der Waals surface area contributed by atoms with E-state index in [0.717, 1.165) is 36.2 Å². The lowest BCUT2D eigenvalue weighted by atomic mass is 9.90. The average molecular weight is 382 g/mol. The van der Waals surface area contributed by atoms with Crippen LogP contribution in [0.15, 0.2) is 48.5 Å². The van der Waals surface area contributed by atoms with E-state index in [9.17, 15) is 4.79 Å². The lowest BCUT2D eigenvalue weighted by Gasteiger charge is -2.31. The molecule has 1 aliphatic heterocycles. The zero-order chi connectivity index (χ0) is 18.8. The maximum Gasteiger partial charge on any atom is 0.237 e. The van der Waals surface area contributed by atoms with Gasteiger partial charge in [0.1, 0.15) is 0 Å². The highest BCUT2D eigenvalue weighted by Gasteiger charge is 2.33. The Balaban J connectivity index is 1.73. The van der Waals surface area contributed by atoms with Gasteiger partial charge in [0.05, 0.1) is 12.1 Å². The smallest absolute Gasteiger partial charge is 0.237 e. The summed E-state index contributed by atoms with van der Waals surface area (Å²) in [5, 5.41) is 8.49. The Hall–Kier alpha value is -2.30. The van der Waals surface area contributed by atoms with Gasteiger partial charge in [-0.05, 0) is 42.2 Å². The number of halogens is 1. The number of carbonyl (C=O) groups is 1. The number of aromatic amines is 1. The topological polar surface area (TPSA) is 56.9 Å². The van der Waals surface area contributed by atoms with Crippen molar-refractivity contribution >= 4 is 28.4 Å². The fourth-order valence-electron chi connectivity index (χ4n) is 3.86. The summed E-state index contributed by atoms with van der Waals surface area (Å²) in [5.74, 6) is 0.0615. The summed E-state index contributed by atoms with van der Waals surface area (Å²) in [4.78, 5) is 16.3. The summed E-state index contributed by atoms with van der Waals surface area (Å²) in [6, 6.07) is 15.8. The van der Waals surface area contributed by atoms with Crippen molar-refractivity contribution in [3.05, 3.63) is 70.4 Å². The lowest BCUT2D eigenvalue weighted by molar-refractivity contribution is -0.123. The molecule has 4 nitrogen and oxygen atoms in total. The molecule has 0 aliphatic carbocycles. The van der Waals surface area contributed by atoms with E-state index in [-0.39, 0.29) is 18.0 Å². The molecule has 140 valence electrons. The Morgan fingerprint density at radius 2 is 2.07 bits per heavy atom. The van der Waals surface area contributed by atoms with Gasteiger partial charge < -0.3 is 10.3 Å². The third-order valence-electron chi connectivity index (χ3n) is 5.24. The maximum atomic E-state index is 12.8. The molecule has 1 amide bonds. The third-order valence-corrected chi connectivity index (χ3v) is 5.47. The van der Waals surface area contributed by atoms with Crippen molar-refractivity contribution in [2.45, 2.75) is 38.3 Å². The number of rotatable bonds is 5. The van der Waals surface area contributed by atoms with Gasteiger partial charge in [0.2, 0.25) is 5.91 Å². The number of aromatic nitrogens is 1. The van der Waals surface area contributed by atoms with Crippen molar-refractivity contribution in [3.8, 4) is 0 Å². The minimum atomic E-state index is -0.266. The highest BCUT2D eigenvalue weighted by molar-refractivity contribution is 6.30. The van der Waals surface area contributed by atoms with E-state index in [2.05, 4.69) is 40.7 Å². The first-order valence-electron chi connectivity index (χ1n) is 9.56. The predicted octanol–water partition coefficient (Wildman–Crippen LogP) is 4.34. The van der Waals surface area contributed by atoms with E-state index in [1.807, 2.05) is 30.3 Å². The lowest BCUT2D eigenvalue weighted by Crippen LogP contribution is -2.50. The van der Waals surface area contributed by atoms with Crippen LogP contribution in [0.3, 0.4) is 0 Å². The highest BCUT2D eigenvalue weighted by atomic mass is 35.5. The van der Waals surface area contributed by atoms with Gasteiger partial charge in [0.15, 0.2) is 0 Å². The van der Waals surface area contributed by atoms with Crippen LogP contribution in [0.1, 0.15) is 42.6 Å². The van der Waals surface area contributed by atoms with Crippen LogP contribution < -0.4 is 10.6 Å². The molecule has 3 N–H and O–H groups in total. The van der Waals surface area contributed by atoms with Gasteiger partial charge in [-0.2, -0.15) is 0 Å². The summed E-state index contributed by atoms with van der Waals surface area (Å²) in [6.45, 7) is 2.84. The molecule has 2 atom stereocenters. The van der Waals surface area contributed by atoms with Crippen molar-refractivity contribution in [1.29, 1.82) is 0 Å². The molecule has 1 aromatic heterocycles. The molecule has 0 saturated carbocycles. The first-order chi connectivity index (χ1) is 13.2. The molecule has 1 aliphatic rings. The van der Waals surface area contributed by atoms with Crippen LogP contribution in [0.2, 0.25) is 5.02 Å². The monoisotopic (exact) mass is 381 g/mol. The van der Waals surface area contributed by atoms with Crippen LogP contribution in [0.5, 0.6) is 0 Å². The van der Waals surface area contributed by atoms with Crippen molar-refractivity contribution in [2.24, 2.45) is 0 Å². The highest BCUT2D eigenvalue weighted by Crippen LogP contribution is 2.35. The first-order valence-corrected chi connectivity index (χ1v) is 9.94. The van der Waals surface area contributed by atoms with Gasteiger partial charge in [-0.3, -0.25) is 10.1 Å². The normalized spacial score (nSPS) is 19.0. The van der Waals surface area contributed by atoms with E-state index in [1.165, 1.54) is 10.9 Å². The van der Waals surface area contributed by atoms with Gasteiger partial charge in [-0.15, -0.1) is 0 Å². The van der Waals surface area contributed by atoms with Crippen LogP contribution in [-0.4, -0.2) is 23.5 Å². The minimum Gasteiger partial charge on any atom is -0.357 e. The quantitative estimate of drug-likeness (QED) is 0.576. The van der Waals surface area contributed by atoms with E-state index in [0.29, 0.717) is 11.4 Å². The average Bonchev–Trinajstić information content (AvgIpc) is 3.06. The number of hydrogen-bond donors (Lipinski definition) is 3. The molecule has 0 radical (unpaired) electrons. The van der Waals surface area contributed by atoms with Crippen LogP contribution in [0, 0.1) is 0 Å². The number of nitrogens with one attached hydrogen (secondary N) is 3. The first kappa shape index (κ1) is 18.1. The minimum absolute atomic E-state index is 0.0615. The number of hydrogen-bond acceptors (Lipinski definition) is 2. The second kappa shape index (κ2) is 7.75. The second-order valence-electron chi connectivity index (χ2n) is 7.12. The third kappa shape index (κ3) is 3.60. The van der Waals surface area contributed by atoms with Crippen molar-refractivity contribution in [3.63, 3.8) is 0 Å². The molecule has 4 rings (SSSR count). The predicted molar refractivity (Wildman–Crippen MR) is 110 cm³/mol. The van der Waals surface area contributed by atoms with E-state index in [1.54, 1.807) is 0 Å². The fourth-order valence-corrected chi connectivity index (χ4v) is 4.06. The number of fused-ring (bicyclic) bond motifs is 3. The van der Waals surface area contributed by atoms with Crippen LogP contribution >= 0.6 is 11.6 Å². The Bertz CT molecular complexity index is 965. The Morgan fingerprint density at radius 3 is 2.89 bits per heavy atom. The molecule has 2 heterocycles. The molecule has 27 heavy (non-hydrogen) atoms. The summed E-state index contributed by atoms with van der Waals surface area (Å²) < 4.78 is 0. The van der Waals surface area contributed by atoms with Crippen molar-refractivity contribution in [1.82, 2.24) is 15.6 Å². The Labute approximate surface area is 164 Å². The van der Waals surface area contributed by atoms with Crippen LogP contribution in [0.25, 0.3) is 10.9 Å². The standard InChI is InChI=1S/C22H24ClN3O/c1-2-3-11-24-22(27)19-13-17-16-9-4-5-10-18(16)25-21(17)20(26-19)14-7-6-8-15(23)12-14/h4-10,12,19-20,25-26H,2-3,11,13H2,1H3,(H,24,27). The number of benzene rings is 2. The summed E-state index contributed by atoms with van der Waals surface area (Å²) in [7, 11) is 0. The second-order valence-corrected chi connectivity index (χ2v) is 7.56. The van der Waals surface area contributed by atoms with Crippen LogP contribution in [0.4, 0.5) is 0 Å². The Kier molecular flexibility index (Phi) is 5.19. The number of unbranched alkanes of at least 4 members (excludes halogenated alkanes) is 1. The fraction of sp³-hybridized carbons (Fsp3) is 0.318. The molecule has 3 aromatic rings. The van der Waals surface area contributed by atoms with Gasteiger partial charge in [-0.25, -0.2) is 0 Å². The molecule has 5 heteroatoms. The molecule has 0 spiro atoms. The van der Waals surface area contributed by atoms with Crippen molar-refractivity contribution in [2.75, 3.05) is 6.54 Å². The molecule has 0 bridgehead atoms. The van der Waals surface area contributed by atoms with Gasteiger partial charge in [0, 0.05) is 28.2 Å². The molecule has 2 aromatic carbocycles. The summed E-state index contributed by atoms with van der Waals surface area (Å²) in [6.07, 6.45) is 2.74. The maximum absolute atomic E-state index is 12.8. The summed E-state index contributed by atoms with van der Waals surface area (Å²) >= 11 is 6.24. The number of para-hydroxylation sites is 1. The molecular formula is C22H24ClN3O. The Morgan fingerprint density at radius 1 is 1.22 bits per heavy atom.